The Morgan fingerprint density at radius 2 is 2.04 bits per heavy atom. The van der Waals surface area contributed by atoms with Gasteiger partial charge in [-0.15, -0.1) is 5.75 Å². The average molecular weight is 311 g/mol. The number of rotatable bonds is 5. The van der Waals surface area contributed by atoms with E-state index in [-0.39, 0.29) is 29.5 Å². The number of nitro benzene ring substituents is 1. The van der Waals surface area contributed by atoms with Crippen LogP contribution < -0.4 is 10.4 Å². The Bertz CT molecular complexity index is 769. The number of hydrogen-bond acceptors (Lipinski definition) is 4. The van der Waals surface area contributed by atoms with E-state index in [1.54, 1.807) is 6.08 Å². The highest BCUT2D eigenvalue weighted by atomic mass is 16.6. The number of nitrogens with zero attached hydrogens (tertiary/aromatic N) is 1. The van der Waals surface area contributed by atoms with Crippen LogP contribution in [0.2, 0.25) is 0 Å². The van der Waals surface area contributed by atoms with E-state index in [0.717, 1.165) is 23.3 Å². The molecule has 0 heterocycles. The highest BCUT2D eigenvalue weighted by Gasteiger charge is 2.07. The van der Waals surface area contributed by atoms with Crippen molar-refractivity contribution in [2.24, 2.45) is 0 Å². The van der Waals surface area contributed by atoms with Crippen molar-refractivity contribution in [1.82, 2.24) is 5.32 Å². The Balaban J connectivity index is 1.99. The van der Waals surface area contributed by atoms with Crippen LogP contribution in [-0.2, 0) is 11.3 Å². The van der Waals surface area contributed by atoms with Crippen molar-refractivity contribution in [2.75, 3.05) is 0 Å². The molecule has 0 fully saturated rings. The standard InChI is InChI=1S/C17H16N2O4/c1-12-3-2-4-13(9-12)5-8-17(21)18-11-14-10-15(19(22)23)6-7-16(14)20/h2-10,20H,11H2,1H3,(H,18,21)/p-1/b8-5+. The first kappa shape index (κ1) is 16.2. The quantitative estimate of drug-likeness (QED) is 0.520. The first-order valence-corrected chi connectivity index (χ1v) is 6.92. The van der Waals surface area contributed by atoms with Gasteiger partial charge in [-0.3, -0.25) is 14.9 Å². The minimum atomic E-state index is -0.581. The van der Waals surface area contributed by atoms with Crippen LogP contribution >= 0.6 is 0 Å². The summed E-state index contributed by atoms with van der Waals surface area (Å²) in [5.41, 5.74) is 1.97. The van der Waals surface area contributed by atoms with Gasteiger partial charge in [-0.1, -0.05) is 35.9 Å². The molecule has 118 valence electrons. The molecule has 0 unspecified atom stereocenters. The molecule has 1 N–H and O–H groups in total. The number of carbonyl (C=O) groups excluding carboxylic acids is 1. The summed E-state index contributed by atoms with van der Waals surface area (Å²) in [5.74, 6) is -0.726. The van der Waals surface area contributed by atoms with Gasteiger partial charge >= 0.3 is 0 Å². The molecule has 2 aromatic carbocycles. The van der Waals surface area contributed by atoms with Gasteiger partial charge in [0, 0.05) is 24.8 Å². The number of benzene rings is 2. The van der Waals surface area contributed by atoms with Gasteiger partial charge in [0.15, 0.2) is 0 Å². The van der Waals surface area contributed by atoms with Gasteiger partial charge in [-0.05, 0) is 24.1 Å². The average Bonchev–Trinajstić information content (AvgIpc) is 2.52. The molecule has 0 radical (unpaired) electrons. The topological polar surface area (TPSA) is 95.3 Å². The number of carbonyl (C=O) groups is 1. The predicted octanol–water partition coefficient (Wildman–Crippen LogP) is 2.31. The number of hydrogen-bond donors (Lipinski definition) is 1. The van der Waals surface area contributed by atoms with Gasteiger partial charge < -0.3 is 10.4 Å². The minimum absolute atomic E-state index is 0.0580. The smallest absolute Gasteiger partial charge is 0.269 e. The normalized spacial score (nSPS) is 10.7. The SMILES string of the molecule is Cc1cccc(/C=C/C(=O)NCc2cc([N+](=O)[O-])ccc2[O-])c1. The summed E-state index contributed by atoms with van der Waals surface area (Å²) in [4.78, 5) is 21.9. The molecule has 0 aliphatic heterocycles. The molecule has 6 heteroatoms. The van der Waals surface area contributed by atoms with Crippen LogP contribution in [0.3, 0.4) is 0 Å². The summed E-state index contributed by atoms with van der Waals surface area (Å²) in [6.45, 7) is 1.90. The third kappa shape index (κ3) is 4.67. The molecule has 6 nitrogen and oxygen atoms in total. The van der Waals surface area contributed by atoms with E-state index in [0.29, 0.717) is 0 Å². The monoisotopic (exact) mass is 311 g/mol. The van der Waals surface area contributed by atoms with Crippen LogP contribution in [0, 0.1) is 17.0 Å². The zero-order valence-electron chi connectivity index (χ0n) is 12.5. The highest BCUT2D eigenvalue weighted by Crippen LogP contribution is 2.20. The molecule has 0 aromatic heterocycles. The maximum Gasteiger partial charge on any atom is 0.269 e. The molecule has 0 saturated carbocycles. The Morgan fingerprint density at radius 3 is 2.74 bits per heavy atom. The first-order valence-electron chi connectivity index (χ1n) is 6.92. The molecular weight excluding hydrogens is 296 g/mol. The molecular formula is C17H15N2O4-. The molecule has 0 bridgehead atoms. The Morgan fingerprint density at radius 1 is 1.26 bits per heavy atom. The molecule has 2 aromatic rings. The number of non-ortho nitro benzene ring substituents is 1. The van der Waals surface area contributed by atoms with E-state index in [9.17, 15) is 20.0 Å². The molecule has 1 amide bonds. The minimum Gasteiger partial charge on any atom is -0.872 e. The first-order chi connectivity index (χ1) is 11.0. The zero-order valence-corrected chi connectivity index (χ0v) is 12.5. The van der Waals surface area contributed by atoms with Crippen molar-refractivity contribution in [3.8, 4) is 5.75 Å². The third-order valence-electron chi connectivity index (χ3n) is 3.18. The number of nitrogens with one attached hydrogen (secondary N) is 1. The predicted molar refractivity (Wildman–Crippen MR) is 84.6 cm³/mol. The fourth-order valence-corrected chi connectivity index (χ4v) is 2.00. The summed E-state index contributed by atoms with van der Waals surface area (Å²) < 4.78 is 0. The molecule has 23 heavy (non-hydrogen) atoms. The maximum absolute atomic E-state index is 11.8. The zero-order chi connectivity index (χ0) is 16.8. The fourth-order valence-electron chi connectivity index (χ4n) is 2.00. The van der Waals surface area contributed by atoms with Gasteiger partial charge in [0.25, 0.3) is 5.69 Å². The summed E-state index contributed by atoms with van der Waals surface area (Å²) >= 11 is 0. The molecule has 0 aliphatic carbocycles. The van der Waals surface area contributed by atoms with Crippen molar-refractivity contribution in [3.63, 3.8) is 0 Å². The summed E-state index contributed by atoms with van der Waals surface area (Å²) in [7, 11) is 0. The van der Waals surface area contributed by atoms with Gasteiger partial charge in [0.2, 0.25) is 5.91 Å². The van der Waals surface area contributed by atoms with Crippen molar-refractivity contribution < 1.29 is 14.8 Å². The Hall–Kier alpha value is -3.15. The van der Waals surface area contributed by atoms with Crippen molar-refractivity contribution in [2.45, 2.75) is 13.5 Å². The fraction of sp³-hybridized carbons (Fsp3) is 0.118. The second kappa shape index (κ2) is 7.22. The maximum atomic E-state index is 11.8. The van der Waals surface area contributed by atoms with Crippen LogP contribution in [0.25, 0.3) is 6.08 Å². The van der Waals surface area contributed by atoms with Gasteiger partial charge in [0.1, 0.15) is 0 Å². The number of aryl methyl sites for hydroxylation is 1. The van der Waals surface area contributed by atoms with E-state index < -0.39 is 4.92 Å². The Labute approximate surface area is 133 Å². The van der Waals surface area contributed by atoms with E-state index in [1.165, 1.54) is 12.1 Å². The van der Waals surface area contributed by atoms with Crippen molar-refractivity contribution in [3.05, 3.63) is 75.3 Å². The second-order valence-electron chi connectivity index (χ2n) is 5.01. The summed E-state index contributed by atoms with van der Waals surface area (Å²) in [6.07, 6.45) is 3.02. The molecule has 0 spiro atoms. The van der Waals surface area contributed by atoms with Gasteiger partial charge in [-0.25, -0.2) is 0 Å². The Kier molecular flexibility index (Phi) is 5.09. The van der Waals surface area contributed by atoms with Crippen LogP contribution in [0.4, 0.5) is 5.69 Å². The number of nitro groups is 1. The van der Waals surface area contributed by atoms with Crippen molar-refractivity contribution >= 4 is 17.7 Å². The van der Waals surface area contributed by atoms with Crippen LogP contribution in [-0.4, -0.2) is 10.8 Å². The van der Waals surface area contributed by atoms with Crippen LogP contribution in [0.15, 0.2) is 48.5 Å². The largest absolute Gasteiger partial charge is 0.872 e. The van der Waals surface area contributed by atoms with Gasteiger partial charge in [0.05, 0.1) is 4.92 Å². The molecule has 0 atom stereocenters. The molecule has 0 saturated heterocycles. The lowest BCUT2D eigenvalue weighted by molar-refractivity contribution is -0.385. The van der Waals surface area contributed by atoms with Crippen LogP contribution in [0.5, 0.6) is 5.75 Å². The summed E-state index contributed by atoms with van der Waals surface area (Å²) in [6, 6.07) is 11.1. The van der Waals surface area contributed by atoms with E-state index >= 15 is 0 Å². The second-order valence-corrected chi connectivity index (χ2v) is 5.01. The van der Waals surface area contributed by atoms with Gasteiger partial charge in [-0.2, -0.15) is 0 Å². The third-order valence-corrected chi connectivity index (χ3v) is 3.18. The summed E-state index contributed by atoms with van der Waals surface area (Å²) in [5, 5.41) is 24.9. The lowest BCUT2D eigenvalue weighted by Crippen LogP contribution is -2.21. The highest BCUT2D eigenvalue weighted by molar-refractivity contribution is 5.91. The van der Waals surface area contributed by atoms with E-state index in [4.69, 9.17) is 0 Å². The number of amides is 1. The molecule has 0 aliphatic rings. The van der Waals surface area contributed by atoms with Crippen LogP contribution in [0.1, 0.15) is 16.7 Å². The van der Waals surface area contributed by atoms with Crippen molar-refractivity contribution in [1.29, 1.82) is 0 Å². The lowest BCUT2D eigenvalue weighted by atomic mass is 10.1. The van der Waals surface area contributed by atoms with E-state index in [2.05, 4.69) is 5.32 Å². The van der Waals surface area contributed by atoms with E-state index in [1.807, 2.05) is 31.2 Å². The molecule has 2 rings (SSSR count). The lowest BCUT2D eigenvalue weighted by Gasteiger charge is -2.12.